The SMILES string of the molecule is CC(C)(C)OC(=O)N1CCC[C@@H]1C(O)c1ccccc1. The molecule has 1 aliphatic heterocycles. The summed E-state index contributed by atoms with van der Waals surface area (Å²) in [5.41, 5.74) is 0.329. The minimum Gasteiger partial charge on any atom is -0.444 e. The summed E-state index contributed by atoms with van der Waals surface area (Å²) in [5, 5.41) is 10.5. The molecule has 1 heterocycles. The molecule has 2 rings (SSSR count). The maximum absolute atomic E-state index is 12.2. The minimum absolute atomic E-state index is 0.202. The van der Waals surface area contributed by atoms with Gasteiger partial charge < -0.3 is 14.7 Å². The van der Waals surface area contributed by atoms with Crippen LogP contribution in [0, 0.1) is 0 Å². The third-order valence-electron chi connectivity index (χ3n) is 3.43. The molecule has 0 radical (unpaired) electrons. The number of likely N-dealkylation sites (tertiary alicyclic amines) is 1. The molecule has 1 amide bonds. The van der Waals surface area contributed by atoms with Gasteiger partial charge in [0.15, 0.2) is 0 Å². The zero-order chi connectivity index (χ0) is 14.8. The molecule has 1 saturated heterocycles. The van der Waals surface area contributed by atoms with Crippen LogP contribution >= 0.6 is 0 Å². The number of carbonyl (C=O) groups excluding carboxylic acids is 1. The van der Waals surface area contributed by atoms with Crippen molar-refractivity contribution in [3.05, 3.63) is 35.9 Å². The molecule has 0 spiro atoms. The van der Waals surface area contributed by atoms with E-state index in [9.17, 15) is 9.90 Å². The summed E-state index contributed by atoms with van der Waals surface area (Å²) in [6.07, 6.45) is 0.699. The Balaban J connectivity index is 2.09. The molecule has 2 atom stereocenters. The number of nitrogens with zero attached hydrogens (tertiary/aromatic N) is 1. The van der Waals surface area contributed by atoms with Crippen LogP contribution in [0.2, 0.25) is 0 Å². The molecule has 4 heteroatoms. The van der Waals surface area contributed by atoms with Crippen molar-refractivity contribution in [2.75, 3.05) is 6.54 Å². The Kier molecular flexibility index (Phi) is 4.33. The second-order valence-corrected chi connectivity index (χ2v) is 6.24. The molecule has 20 heavy (non-hydrogen) atoms. The molecule has 0 aromatic heterocycles. The number of rotatable bonds is 2. The highest BCUT2D eigenvalue weighted by atomic mass is 16.6. The number of aliphatic hydroxyl groups excluding tert-OH is 1. The molecule has 1 aliphatic rings. The second kappa shape index (κ2) is 5.83. The molecule has 1 fully saturated rings. The van der Waals surface area contributed by atoms with Crippen molar-refractivity contribution in [1.29, 1.82) is 0 Å². The van der Waals surface area contributed by atoms with Gasteiger partial charge in [0, 0.05) is 6.54 Å². The summed E-state index contributed by atoms with van der Waals surface area (Å²) in [6, 6.07) is 9.27. The lowest BCUT2D eigenvalue weighted by molar-refractivity contribution is 0.00490. The van der Waals surface area contributed by atoms with Crippen LogP contribution in [0.25, 0.3) is 0 Å². The lowest BCUT2D eigenvalue weighted by atomic mass is 10.0. The Hall–Kier alpha value is -1.55. The summed E-state index contributed by atoms with van der Waals surface area (Å²) in [6.45, 7) is 6.19. The smallest absolute Gasteiger partial charge is 0.410 e. The first kappa shape index (κ1) is 14.9. The molecule has 0 saturated carbocycles. The van der Waals surface area contributed by atoms with E-state index in [1.54, 1.807) is 4.90 Å². The van der Waals surface area contributed by atoms with E-state index in [0.29, 0.717) is 6.54 Å². The number of aliphatic hydroxyl groups is 1. The van der Waals surface area contributed by atoms with Crippen LogP contribution < -0.4 is 0 Å². The van der Waals surface area contributed by atoms with Crippen molar-refractivity contribution in [2.45, 2.75) is 51.4 Å². The topological polar surface area (TPSA) is 49.8 Å². The molecular weight excluding hydrogens is 254 g/mol. The fourth-order valence-electron chi connectivity index (χ4n) is 2.54. The van der Waals surface area contributed by atoms with Gasteiger partial charge in [-0.15, -0.1) is 0 Å². The van der Waals surface area contributed by atoms with Crippen LogP contribution in [-0.2, 0) is 4.74 Å². The van der Waals surface area contributed by atoms with Gasteiger partial charge in [0.05, 0.1) is 12.1 Å². The Morgan fingerprint density at radius 1 is 1.35 bits per heavy atom. The molecule has 0 aliphatic carbocycles. The zero-order valence-corrected chi connectivity index (χ0v) is 12.4. The fraction of sp³-hybridized carbons (Fsp3) is 0.562. The Labute approximate surface area is 120 Å². The summed E-state index contributed by atoms with van der Waals surface area (Å²) in [7, 11) is 0. The van der Waals surface area contributed by atoms with Gasteiger partial charge >= 0.3 is 6.09 Å². The van der Waals surface area contributed by atoms with Crippen LogP contribution in [0.4, 0.5) is 4.79 Å². The molecule has 0 bridgehead atoms. The van der Waals surface area contributed by atoms with Gasteiger partial charge in [-0.3, -0.25) is 0 Å². The first-order chi connectivity index (χ1) is 9.38. The quantitative estimate of drug-likeness (QED) is 0.903. The summed E-state index contributed by atoms with van der Waals surface area (Å²) in [5.74, 6) is 0. The van der Waals surface area contributed by atoms with Crippen molar-refractivity contribution in [2.24, 2.45) is 0 Å². The molecular formula is C16H23NO3. The molecule has 4 nitrogen and oxygen atoms in total. The lowest BCUT2D eigenvalue weighted by Gasteiger charge is -2.31. The van der Waals surface area contributed by atoms with Crippen molar-refractivity contribution in [3.8, 4) is 0 Å². The number of ether oxygens (including phenoxy) is 1. The first-order valence-electron chi connectivity index (χ1n) is 7.11. The van der Waals surface area contributed by atoms with Gasteiger partial charge in [-0.1, -0.05) is 30.3 Å². The maximum atomic E-state index is 12.2. The van der Waals surface area contributed by atoms with Crippen molar-refractivity contribution < 1.29 is 14.6 Å². The van der Waals surface area contributed by atoms with Gasteiger partial charge in [-0.2, -0.15) is 0 Å². The fourth-order valence-corrected chi connectivity index (χ4v) is 2.54. The van der Waals surface area contributed by atoms with E-state index in [1.807, 2.05) is 51.1 Å². The number of carbonyl (C=O) groups is 1. The Morgan fingerprint density at radius 2 is 2.00 bits per heavy atom. The summed E-state index contributed by atoms with van der Waals surface area (Å²) in [4.78, 5) is 13.9. The van der Waals surface area contributed by atoms with Gasteiger partial charge in [-0.25, -0.2) is 4.79 Å². The van der Waals surface area contributed by atoms with Crippen LogP contribution in [0.1, 0.15) is 45.3 Å². The number of amides is 1. The van der Waals surface area contributed by atoms with Crippen LogP contribution in [-0.4, -0.2) is 34.3 Å². The van der Waals surface area contributed by atoms with Crippen LogP contribution in [0.15, 0.2) is 30.3 Å². The average Bonchev–Trinajstić information content (AvgIpc) is 2.86. The largest absolute Gasteiger partial charge is 0.444 e. The highest BCUT2D eigenvalue weighted by Crippen LogP contribution is 2.30. The minimum atomic E-state index is -0.661. The zero-order valence-electron chi connectivity index (χ0n) is 12.4. The third kappa shape index (κ3) is 3.51. The summed E-state index contributed by atoms with van der Waals surface area (Å²) < 4.78 is 5.41. The lowest BCUT2D eigenvalue weighted by Crippen LogP contribution is -2.42. The van der Waals surface area contributed by atoms with E-state index in [4.69, 9.17) is 4.74 Å². The standard InChI is InChI=1S/C16H23NO3/c1-16(2,3)20-15(19)17-11-7-10-13(17)14(18)12-8-5-4-6-9-12/h4-6,8-9,13-14,18H,7,10-11H2,1-3H3/t13-,14?/m1/s1. The van der Waals surface area contributed by atoms with E-state index in [1.165, 1.54) is 0 Å². The van der Waals surface area contributed by atoms with Crippen LogP contribution in [0.3, 0.4) is 0 Å². The van der Waals surface area contributed by atoms with Gasteiger partial charge in [0.25, 0.3) is 0 Å². The number of benzene rings is 1. The van der Waals surface area contributed by atoms with Crippen molar-refractivity contribution in [1.82, 2.24) is 4.90 Å². The normalized spacial score (nSPS) is 20.8. The molecule has 1 aromatic carbocycles. The van der Waals surface area contributed by atoms with E-state index >= 15 is 0 Å². The van der Waals surface area contributed by atoms with Crippen LogP contribution in [0.5, 0.6) is 0 Å². The van der Waals surface area contributed by atoms with E-state index in [0.717, 1.165) is 18.4 Å². The van der Waals surface area contributed by atoms with Crippen molar-refractivity contribution in [3.63, 3.8) is 0 Å². The predicted octanol–water partition coefficient (Wildman–Crippen LogP) is 3.12. The van der Waals surface area contributed by atoms with Gasteiger partial charge in [0.1, 0.15) is 5.60 Å². The van der Waals surface area contributed by atoms with E-state index in [2.05, 4.69) is 0 Å². The highest BCUT2D eigenvalue weighted by Gasteiger charge is 2.36. The monoisotopic (exact) mass is 277 g/mol. The van der Waals surface area contributed by atoms with E-state index in [-0.39, 0.29) is 12.1 Å². The molecule has 1 aromatic rings. The maximum Gasteiger partial charge on any atom is 0.410 e. The first-order valence-corrected chi connectivity index (χ1v) is 7.11. The van der Waals surface area contributed by atoms with E-state index < -0.39 is 11.7 Å². The second-order valence-electron chi connectivity index (χ2n) is 6.24. The predicted molar refractivity (Wildman–Crippen MR) is 77.4 cm³/mol. The average molecular weight is 277 g/mol. The highest BCUT2D eigenvalue weighted by molar-refractivity contribution is 5.69. The third-order valence-corrected chi connectivity index (χ3v) is 3.43. The van der Waals surface area contributed by atoms with Crippen molar-refractivity contribution >= 4 is 6.09 Å². The van der Waals surface area contributed by atoms with Gasteiger partial charge in [0.2, 0.25) is 0 Å². The summed E-state index contributed by atoms with van der Waals surface area (Å²) >= 11 is 0. The number of hydrogen-bond donors (Lipinski definition) is 1. The number of hydrogen-bond acceptors (Lipinski definition) is 3. The Morgan fingerprint density at radius 3 is 2.60 bits per heavy atom. The van der Waals surface area contributed by atoms with Gasteiger partial charge in [-0.05, 0) is 39.2 Å². The molecule has 1 N–H and O–H groups in total. The molecule has 110 valence electrons. The molecule has 1 unspecified atom stereocenters. The Bertz CT molecular complexity index is 453.